The first-order valence-electron chi connectivity index (χ1n) is 11.0. The van der Waals surface area contributed by atoms with Gasteiger partial charge < -0.3 is 24.6 Å². The Balaban J connectivity index is 1.63. The number of rotatable bonds is 10. The lowest BCUT2D eigenvalue weighted by Gasteiger charge is -2.27. The van der Waals surface area contributed by atoms with E-state index in [1.165, 1.54) is 25.7 Å². The van der Waals surface area contributed by atoms with E-state index in [-0.39, 0.29) is 6.10 Å². The van der Waals surface area contributed by atoms with Crippen molar-refractivity contribution in [3.8, 4) is 11.5 Å². The van der Waals surface area contributed by atoms with Gasteiger partial charge in [-0.05, 0) is 54.7 Å². The van der Waals surface area contributed by atoms with Gasteiger partial charge in [0, 0.05) is 5.92 Å². The van der Waals surface area contributed by atoms with Gasteiger partial charge in [-0.15, -0.1) is 0 Å². The minimum atomic E-state index is -0.502. The van der Waals surface area contributed by atoms with E-state index in [0.717, 1.165) is 28.5 Å². The molecular formula is C25H36NO4+. The molecule has 0 amide bonds. The van der Waals surface area contributed by atoms with E-state index in [1.54, 1.807) is 14.2 Å². The molecule has 5 nitrogen and oxygen atoms in total. The van der Waals surface area contributed by atoms with Crippen molar-refractivity contribution in [3.63, 3.8) is 0 Å². The molecule has 30 heavy (non-hydrogen) atoms. The molecule has 2 aromatic carbocycles. The van der Waals surface area contributed by atoms with Crippen molar-refractivity contribution in [1.82, 2.24) is 0 Å². The van der Waals surface area contributed by atoms with Crippen LogP contribution in [0.15, 0.2) is 48.5 Å². The van der Waals surface area contributed by atoms with E-state index in [2.05, 4.69) is 12.2 Å². The highest BCUT2D eigenvalue weighted by molar-refractivity contribution is 5.36. The van der Waals surface area contributed by atoms with E-state index in [1.807, 2.05) is 48.5 Å². The second-order valence-corrected chi connectivity index (χ2v) is 8.31. The van der Waals surface area contributed by atoms with Gasteiger partial charge in [0.25, 0.3) is 0 Å². The minimum absolute atomic E-state index is 0.259. The molecule has 3 rings (SSSR count). The zero-order valence-corrected chi connectivity index (χ0v) is 18.4. The first-order chi connectivity index (χ1) is 14.6. The lowest BCUT2D eigenvalue weighted by molar-refractivity contribution is -0.703. The summed E-state index contributed by atoms with van der Waals surface area (Å²) in [7, 11) is 3.32. The predicted octanol–water partition coefficient (Wildman–Crippen LogP) is 3.31. The number of ether oxygens (including phenoxy) is 3. The summed E-state index contributed by atoms with van der Waals surface area (Å²) in [5.74, 6) is 2.34. The van der Waals surface area contributed by atoms with E-state index < -0.39 is 6.10 Å². The van der Waals surface area contributed by atoms with Crippen molar-refractivity contribution in [2.45, 2.75) is 50.9 Å². The molecule has 1 fully saturated rings. The van der Waals surface area contributed by atoms with Crippen molar-refractivity contribution in [1.29, 1.82) is 0 Å². The summed E-state index contributed by atoms with van der Waals surface area (Å²) in [5, 5.41) is 12.9. The first-order valence-corrected chi connectivity index (χ1v) is 11.0. The monoisotopic (exact) mass is 414 g/mol. The number of benzene rings is 2. The molecule has 0 unspecified atom stereocenters. The minimum Gasteiger partial charge on any atom is -0.497 e. The maximum atomic E-state index is 10.6. The molecule has 0 aromatic heterocycles. The van der Waals surface area contributed by atoms with Crippen LogP contribution in [0.1, 0.15) is 49.8 Å². The fourth-order valence-electron chi connectivity index (χ4n) is 4.24. The molecule has 0 bridgehead atoms. The SMILES string of the molecule is COc1ccc(C(OC[C@@H](O)C[NH2+][C@@H]2CCCC[C@@H]2C)c2ccc(OC)cc2)cc1. The number of hydrogen-bond acceptors (Lipinski definition) is 4. The molecule has 0 aliphatic heterocycles. The fraction of sp³-hybridized carbons (Fsp3) is 0.520. The Morgan fingerprint density at radius 1 is 0.900 bits per heavy atom. The second-order valence-electron chi connectivity index (χ2n) is 8.31. The molecule has 164 valence electrons. The van der Waals surface area contributed by atoms with Crippen LogP contribution in [0, 0.1) is 5.92 Å². The van der Waals surface area contributed by atoms with Crippen LogP contribution < -0.4 is 14.8 Å². The Labute approximate surface area is 180 Å². The summed E-state index contributed by atoms with van der Waals surface area (Å²) < 4.78 is 16.8. The summed E-state index contributed by atoms with van der Waals surface area (Å²) in [5.41, 5.74) is 2.05. The molecule has 0 saturated heterocycles. The van der Waals surface area contributed by atoms with Crippen LogP contribution in [0.4, 0.5) is 0 Å². The molecule has 0 radical (unpaired) electrons. The summed E-state index contributed by atoms with van der Waals surface area (Å²) in [6.45, 7) is 3.29. The number of methoxy groups -OCH3 is 2. The van der Waals surface area contributed by atoms with Crippen molar-refractivity contribution < 1.29 is 24.6 Å². The number of aliphatic hydroxyl groups is 1. The Morgan fingerprint density at radius 2 is 1.43 bits per heavy atom. The quantitative estimate of drug-likeness (QED) is 0.626. The molecule has 1 aliphatic carbocycles. The molecule has 1 saturated carbocycles. The van der Waals surface area contributed by atoms with E-state index >= 15 is 0 Å². The molecule has 2 aromatic rings. The van der Waals surface area contributed by atoms with Crippen LogP contribution in [0.2, 0.25) is 0 Å². The highest BCUT2D eigenvalue weighted by Gasteiger charge is 2.25. The van der Waals surface area contributed by atoms with Crippen LogP contribution in [0.3, 0.4) is 0 Å². The second kappa shape index (κ2) is 11.3. The number of aliphatic hydroxyl groups excluding tert-OH is 1. The van der Waals surface area contributed by atoms with Gasteiger partial charge in [0.1, 0.15) is 30.3 Å². The largest absolute Gasteiger partial charge is 0.497 e. The average molecular weight is 415 g/mol. The molecule has 0 heterocycles. The van der Waals surface area contributed by atoms with Crippen LogP contribution in [-0.2, 0) is 4.74 Å². The van der Waals surface area contributed by atoms with Crippen molar-refractivity contribution in [2.24, 2.45) is 5.92 Å². The smallest absolute Gasteiger partial charge is 0.126 e. The highest BCUT2D eigenvalue weighted by Crippen LogP contribution is 2.29. The van der Waals surface area contributed by atoms with Gasteiger partial charge in [0.05, 0.1) is 26.9 Å². The third-order valence-corrected chi connectivity index (χ3v) is 6.18. The molecule has 3 atom stereocenters. The Kier molecular flexibility index (Phi) is 8.55. The molecule has 1 aliphatic rings. The van der Waals surface area contributed by atoms with Gasteiger partial charge in [-0.2, -0.15) is 0 Å². The lowest BCUT2D eigenvalue weighted by Crippen LogP contribution is -2.93. The fourth-order valence-corrected chi connectivity index (χ4v) is 4.24. The zero-order valence-electron chi connectivity index (χ0n) is 18.4. The molecular weight excluding hydrogens is 378 g/mol. The van der Waals surface area contributed by atoms with Gasteiger partial charge in [0.2, 0.25) is 0 Å². The summed E-state index contributed by atoms with van der Waals surface area (Å²) in [6, 6.07) is 16.4. The normalized spacial score (nSPS) is 20.2. The first kappa shape index (κ1) is 22.6. The van der Waals surface area contributed by atoms with Gasteiger partial charge in [-0.1, -0.05) is 37.6 Å². The van der Waals surface area contributed by atoms with Gasteiger partial charge in [-0.25, -0.2) is 0 Å². The van der Waals surface area contributed by atoms with Crippen LogP contribution in [-0.4, -0.2) is 44.6 Å². The number of quaternary nitrogens is 1. The molecule has 0 spiro atoms. The zero-order chi connectivity index (χ0) is 21.3. The maximum absolute atomic E-state index is 10.6. The third kappa shape index (κ3) is 6.21. The van der Waals surface area contributed by atoms with Crippen molar-refractivity contribution >= 4 is 0 Å². The summed E-state index contributed by atoms with van der Waals surface area (Å²) >= 11 is 0. The lowest BCUT2D eigenvalue weighted by atomic mass is 9.86. The third-order valence-electron chi connectivity index (χ3n) is 6.18. The average Bonchev–Trinajstić information content (AvgIpc) is 2.79. The summed E-state index contributed by atoms with van der Waals surface area (Å²) in [6.07, 6.45) is 4.42. The van der Waals surface area contributed by atoms with E-state index in [4.69, 9.17) is 14.2 Å². The molecule has 5 heteroatoms. The molecule has 3 N–H and O–H groups in total. The van der Waals surface area contributed by atoms with Gasteiger partial charge in [-0.3, -0.25) is 0 Å². The van der Waals surface area contributed by atoms with Crippen molar-refractivity contribution in [3.05, 3.63) is 59.7 Å². The topological polar surface area (TPSA) is 64.5 Å². The standard InChI is InChI=1S/C25H35NO4/c1-18-6-4-5-7-24(18)26-16-21(27)17-30-25(19-8-12-22(28-2)13-9-19)20-10-14-23(29-3)15-11-20/h8-15,18,21,24-27H,4-7,16-17H2,1-3H3/p+1/t18-,21-,24+/m0/s1. The summed E-state index contributed by atoms with van der Waals surface area (Å²) in [4.78, 5) is 0. The van der Waals surface area contributed by atoms with Crippen LogP contribution in [0.25, 0.3) is 0 Å². The Morgan fingerprint density at radius 3 is 1.93 bits per heavy atom. The Hall–Kier alpha value is -2.08. The predicted molar refractivity (Wildman–Crippen MR) is 118 cm³/mol. The number of nitrogens with two attached hydrogens (primary N) is 1. The Bertz CT molecular complexity index is 699. The number of hydrogen-bond donors (Lipinski definition) is 2. The van der Waals surface area contributed by atoms with E-state index in [9.17, 15) is 5.11 Å². The van der Waals surface area contributed by atoms with Gasteiger partial charge in [0.15, 0.2) is 0 Å². The van der Waals surface area contributed by atoms with Gasteiger partial charge >= 0.3 is 0 Å². The maximum Gasteiger partial charge on any atom is 0.126 e. The highest BCUT2D eigenvalue weighted by atomic mass is 16.5. The van der Waals surface area contributed by atoms with E-state index in [0.29, 0.717) is 19.2 Å². The van der Waals surface area contributed by atoms with Crippen LogP contribution in [0.5, 0.6) is 11.5 Å². The van der Waals surface area contributed by atoms with Crippen LogP contribution >= 0.6 is 0 Å². The van der Waals surface area contributed by atoms with Crippen molar-refractivity contribution in [2.75, 3.05) is 27.4 Å².